The van der Waals surface area contributed by atoms with Crippen LogP contribution >= 0.6 is 0 Å². The maximum absolute atomic E-state index is 12.3. The van der Waals surface area contributed by atoms with Crippen molar-refractivity contribution in [2.75, 3.05) is 19.6 Å². The average Bonchev–Trinajstić information content (AvgIpc) is 2.78. The summed E-state index contributed by atoms with van der Waals surface area (Å²) in [6, 6.07) is 9.79. The molecule has 3 rings (SSSR count). The summed E-state index contributed by atoms with van der Waals surface area (Å²) in [4.78, 5) is 27.7. The molecule has 2 saturated heterocycles. The summed E-state index contributed by atoms with van der Waals surface area (Å²) in [7, 11) is 0. The van der Waals surface area contributed by atoms with Gasteiger partial charge in [-0.3, -0.25) is 9.59 Å². The number of aliphatic hydroxyl groups is 1. The van der Waals surface area contributed by atoms with Crippen LogP contribution in [0.1, 0.15) is 18.9 Å². The molecule has 2 fully saturated rings. The van der Waals surface area contributed by atoms with Crippen molar-refractivity contribution in [3.05, 3.63) is 35.9 Å². The standard InChI is InChI=1S/C16H20N2O3/c1-16(21)10-18(11-16)15(20)13-7-14(19)17(9-13)8-12-5-3-2-4-6-12/h2-6,13,21H,7-11H2,1H3. The molecule has 2 aliphatic heterocycles. The molecule has 1 aromatic carbocycles. The second-order valence-electron chi connectivity index (χ2n) is 6.35. The minimum Gasteiger partial charge on any atom is -0.386 e. The fourth-order valence-corrected chi connectivity index (χ4v) is 3.08. The van der Waals surface area contributed by atoms with Crippen molar-refractivity contribution in [1.29, 1.82) is 0 Å². The molecule has 0 radical (unpaired) electrons. The van der Waals surface area contributed by atoms with E-state index >= 15 is 0 Å². The van der Waals surface area contributed by atoms with E-state index in [0.717, 1.165) is 5.56 Å². The minimum atomic E-state index is -0.762. The zero-order chi connectivity index (χ0) is 15.0. The van der Waals surface area contributed by atoms with Gasteiger partial charge in [-0.05, 0) is 12.5 Å². The molecular formula is C16H20N2O3. The summed E-state index contributed by atoms with van der Waals surface area (Å²) in [6.07, 6.45) is 0.282. The highest BCUT2D eigenvalue weighted by molar-refractivity contribution is 5.89. The molecule has 1 N–H and O–H groups in total. The zero-order valence-corrected chi connectivity index (χ0v) is 12.2. The van der Waals surface area contributed by atoms with Gasteiger partial charge in [0.05, 0.1) is 24.6 Å². The second kappa shape index (κ2) is 5.15. The Hall–Kier alpha value is -1.88. The summed E-state index contributed by atoms with van der Waals surface area (Å²) >= 11 is 0. The molecule has 0 saturated carbocycles. The molecule has 1 atom stereocenters. The van der Waals surface area contributed by atoms with Crippen molar-refractivity contribution >= 4 is 11.8 Å². The predicted octanol–water partition coefficient (Wildman–Crippen LogP) is 0.628. The smallest absolute Gasteiger partial charge is 0.228 e. The average molecular weight is 288 g/mol. The Morgan fingerprint density at radius 3 is 2.62 bits per heavy atom. The Kier molecular flexibility index (Phi) is 3.45. The molecule has 2 aliphatic rings. The Morgan fingerprint density at radius 1 is 1.33 bits per heavy atom. The number of likely N-dealkylation sites (tertiary alicyclic amines) is 2. The topological polar surface area (TPSA) is 60.9 Å². The molecule has 2 amide bonds. The van der Waals surface area contributed by atoms with Crippen molar-refractivity contribution in [3.63, 3.8) is 0 Å². The highest BCUT2D eigenvalue weighted by atomic mass is 16.3. The number of β-amino-alcohol motifs (C(OH)–C–C–N with tert-alkyl or cyclic N) is 1. The largest absolute Gasteiger partial charge is 0.386 e. The van der Waals surface area contributed by atoms with Gasteiger partial charge in [-0.15, -0.1) is 0 Å². The van der Waals surface area contributed by atoms with Crippen LogP contribution in [-0.4, -0.2) is 52.0 Å². The third-order valence-electron chi connectivity index (χ3n) is 4.15. The zero-order valence-electron chi connectivity index (χ0n) is 12.2. The molecule has 5 nitrogen and oxygen atoms in total. The first kappa shape index (κ1) is 14.1. The maximum Gasteiger partial charge on any atom is 0.228 e. The van der Waals surface area contributed by atoms with Crippen LogP contribution in [0.2, 0.25) is 0 Å². The van der Waals surface area contributed by atoms with Gasteiger partial charge in [0, 0.05) is 19.5 Å². The van der Waals surface area contributed by atoms with E-state index in [1.54, 1.807) is 16.7 Å². The van der Waals surface area contributed by atoms with E-state index in [0.29, 0.717) is 26.2 Å². The van der Waals surface area contributed by atoms with Crippen LogP contribution in [0.5, 0.6) is 0 Å². The molecule has 0 spiro atoms. The number of hydrogen-bond acceptors (Lipinski definition) is 3. The van der Waals surface area contributed by atoms with Crippen molar-refractivity contribution in [2.24, 2.45) is 5.92 Å². The first-order valence-electron chi connectivity index (χ1n) is 7.27. The number of amides is 2. The molecule has 5 heteroatoms. The molecule has 0 aromatic heterocycles. The number of carbonyl (C=O) groups excluding carboxylic acids is 2. The number of benzene rings is 1. The van der Waals surface area contributed by atoms with Crippen molar-refractivity contribution in [1.82, 2.24) is 9.80 Å². The Morgan fingerprint density at radius 2 is 2.00 bits per heavy atom. The fraction of sp³-hybridized carbons (Fsp3) is 0.500. The van der Waals surface area contributed by atoms with Crippen LogP contribution < -0.4 is 0 Å². The lowest BCUT2D eigenvalue weighted by Crippen LogP contribution is -2.62. The van der Waals surface area contributed by atoms with Crippen molar-refractivity contribution < 1.29 is 14.7 Å². The number of hydrogen-bond donors (Lipinski definition) is 1. The number of nitrogens with zero attached hydrogens (tertiary/aromatic N) is 2. The Bertz CT molecular complexity index is 548. The highest BCUT2D eigenvalue weighted by Crippen LogP contribution is 2.27. The fourth-order valence-electron chi connectivity index (χ4n) is 3.08. The van der Waals surface area contributed by atoms with Gasteiger partial charge < -0.3 is 14.9 Å². The summed E-state index contributed by atoms with van der Waals surface area (Å²) in [6.45, 7) is 3.50. The summed E-state index contributed by atoms with van der Waals surface area (Å²) in [5.41, 5.74) is 0.313. The first-order valence-corrected chi connectivity index (χ1v) is 7.27. The molecule has 0 bridgehead atoms. The van der Waals surface area contributed by atoms with E-state index in [9.17, 15) is 14.7 Å². The molecule has 2 heterocycles. The van der Waals surface area contributed by atoms with Crippen molar-refractivity contribution in [2.45, 2.75) is 25.5 Å². The lowest BCUT2D eigenvalue weighted by molar-refractivity contribution is -0.156. The summed E-state index contributed by atoms with van der Waals surface area (Å²) in [5.74, 6) is -0.243. The van der Waals surface area contributed by atoms with E-state index in [4.69, 9.17) is 0 Å². The predicted molar refractivity (Wildman–Crippen MR) is 77.2 cm³/mol. The van der Waals surface area contributed by atoms with Crippen LogP contribution in [0, 0.1) is 5.92 Å². The molecule has 1 aromatic rings. The SMILES string of the molecule is CC1(O)CN(C(=O)C2CC(=O)N(Cc3ccccc3)C2)C1. The third-order valence-corrected chi connectivity index (χ3v) is 4.15. The monoisotopic (exact) mass is 288 g/mol. The van der Waals surface area contributed by atoms with Gasteiger partial charge in [0.2, 0.25) is 11.8 Å². The summed E-state index contributed by atoms with van der Waals surface area (Å²) in [5, 5.41) is 9.70. The quantitative estimate of drug-likeness (QED) is 0.887. The van der Waals surface area contributed by atoms with E-state index in [2.05, 4.69) is 0 Å². The van der Waals surface area contributed by atoms with Gasteiger partial charge in [0.15, 0.2) is 0 Å². The molecule has 0 aliphatic carbocycles. The van der Waals surface area contributed by atoms with Crippen LogP contribution in [0.15, 0.2) is 30.3 Å². The van der Waals surface area contributed by atoms with Crippen LogP contribution in [-0.2, 0) is 16.1 Å². The lowest BCUT2D eigenvalue weighted by Gasteiger charge is -2.45. The van der Waals surface area contributed by atoms with E-state index in [1.807, 2.05) is 30.3 Å². The van der Waals surface area contributed by atoms with Gasteiger partial charge in [0.25, 0.3) is 0 Å². The molecule has 112 valence electrons. The molecule has 1 unspecified atom stereocenters. The summed E-state index contributed by atoms with van der Waals surface area (Å²) < 4.78 is 0. The van der Waals surface area contributed by atoms with Crippen LogP contribution in [0.3, 0.4) is 0 Å². The maximum atomic E-state index is 12.3. The van der Waals surface area contributed by atoms with Crippen LogP contribution in [0.25, 0.3) is 0 Å². The van der Waals surface area contributed by atoms with Gasteiger partial charge in [0.1, 0.15) is 0 Å². The van der Waals surface area contributed by atoms with Crippen molar-refractivity contribution in [3.8, 4) is 0 Å². The normalized spacial score (nSPS) is 24.1. The van der Waals surface area contributed by atoms with E-state index in [1.165, 1.54) is 0 Å². The number of rotatable bonds is 3. The lowest BCUT2D eigenvalue weighted by atomic mass is 9.94. The van der Waals surface area contributed by atoms with Crippen LogP contribution in [0.4, 0.5) is 0 Å². The van der Waals surface area contributed by atoms with Gasteiger partial charge in [-0.2, -0.15) is 0 Å². The molecular weight excluding hydrogens is 268 g/mol. The highest BCUT2D eigenvalue weighted by Gasteiger charge is 2.44. The van der Waals surface area contributed by atoms with E-state index < -0.39 is 5.60 Å². The minimum absolute atomic E-state index is 0.00885. The third kappa shape index (κ3) is 2.93. The van der Waals surface area contributed by atoms with Gasteiger partial charge in [-0.25, -0.2) is 0 Å². The number of carbonyl (C=O) groups is 2. The Labute approximate surface area is 124 Å². The Balaban J connectivity index is 1.59. The molecule has 21 heavy (non-hydrogen) atoms. The first-order chi connectivity index (χ1) is 9.94. The second-order valence-corrected chi connectivity index (χ2v) is 6.35. The van der Waals surface area contributed by atoms with Gasteiger partial charge >= 0.3 is 0 Å². The van der Waals surface area contributed by atoms with Gasteiger partial charge in [-0.1, -0.05) is 30.3 Å². The van der Waals surface area contributed by atoms with E-state index in [-0.39, 0.29) is 24.2 Å².